The maximum absolute atomic E-state index is 6.02. The third-order valence-electron chi connectivity index (χ3n) is 2.21. The Bertz CT molecular complexity index is 593. The van der Waals surface area contributed by atoms with Crippen molar-refractivity contribution in [3.05, 3.63) is 34.6 Å². The topological polar surface area (TPSA) is 70.3 Å². The molecule has 2 N–H and O–H groups in total. The van der Waals surface area contributed by atoms with Crippen molar-refractivity contribution >= 4 is 28.9 Å². The van der Waals surface area contributed by atoms with Gasteiger partial charge in [0, 0.05) is 0 Å². The van der Waals surface area contributed by atoms with Crippen LogP contribution in [0.5, 0.6) is 17.5 Å². The molecular formula is C12H11Cl2N3O2. The minimum Gasteiger partial charge on any atom is -0.476 e. The van der Waals surface area contributed by atoms with E-state index in [9.17, 15) is 0 Å². The summed E-state index contributed by atoms with van der Waals surface area (Å²) in [5.41, 5.74) is 6.06. The molecule has 5 nitrogen and oxygen atoms in total. The Morgan fingerprint density at radius 3 is 2.68 bits per heavy atom. The number of hydrogen-bond acceptors (Lipinski definition) is 5. The molecule has 2 rings (SSSR count). The molecule has 100 valence electrons. The summed E-state index contributed by atoms with van der Waals surface area (Å²) in [5, 5.41) is 0.678. The Morgan fingerprint density at radius 2 is 1.95 bits per heavy atom. The van der Waals surface area contributed by atoms with Crippen LogP contribution >= 0.6 is 23.2 Å². The van der Waals surface area contributed by atoms with Crippen molar-refractivity contribution in [2.45, 2.75) is 6.92 Å². The molecule has 0 radical (unpaired) electrons. The van der Waals surface area contributed by atoms with Gasteiger partial charge in [-0.15, -0.1) is 0 Å². The summed E-state index contributed by atoms with van der Waals surface area (Å²) in [6.45, 7) is 2.27. The van der Waals surface area contributed by atoms with Crippen LogP contribution in [0, 0.1) is 0 Å². The highest BCUT2D eigenvalue weighted by molar-refractivity contribution is 6.42. The van der Waals surface area contributed by atoms with Crippen LogP contribution in [-0.2, 0) is 0 Å². The van der Waals surface area contributed by atoms with Crippen LogP contribution in [0.1, 0.15) is 6.92 Å². The lowest BCUT2D eigenvalue weighted by molar-refractivity contribution is 0.325. The molecule has 0 saturated carbocycles. The van der Waals surface area contributed by atoms with E-state index in [2.05, 4.69) is 9.97 Å². The summed E-state index contributed by atoms with van der Waals surface area (Å²) in [5.74, 6) is 0.801. The number of nitrogens with zero attached hydrogens (tertiary/aromatic N) is 2. The van der Waals surface area contributed by atoms with E-state index in [-0.39, 0.29) is 17.4 Å². The molecule has 0 bridgehead atoms. The van der Waals surface area contributed by atoms with Gasteiger partial charge in [0.25, 0.3) is 0 Å². The number of aromatic nitrogens is 2. The van der Waals surface area contributed by atoms with E-state index < -0.39 is 0 Å². The molecule has 0 spiro atoms. The highest BCUT2D eigenvalue weighted by Crippen LogP contribution is 2.37. The number of nitrogen functional groups attached to an aromatic ring is 1. The zero-order chi connectivity index (χ0) is 13.8. The van der Waals surface area contributed by atoms with Gasteiger partial charge >= 0.3 is 0 Å². The Labute approximate surface area is 120 Å². The van der Waals surface area contributed by atoms with Gasteiger partial charge in [-0.1, -0.05) is 29.3 Å². The summed E-state index contributed by atoms with van der Waals surface area (Å²) in [6, 6.07) is 5.03. The molecule has 19 heavy (non-hydrogen) atoms. The molecule has 0 unspecified atom stereocenters. The SMILES string of the molecule is CCOc1ncnc(Oc2cccc(Cl)c2Cl)c1N. The van der Waals surface area contributed by atoms with Crippen LogP contribution in [0.4, 0.5) is 5.69 Å². The molecule has 0 aliphatic rings. The third kappa shape index (κ3) is 3.00. The van der Waals surface area contributed by atoms with Crippen molar-refractivity contribution in [1.82, 2.24) is 9.97 Å². The maximum Gasteiger partial charge on any atom is 0.249 e. The van der Waals surface area contributed by atoms with Gasteiger partial charge in [0.1, 0.15) is 17.1 Å². The van der Waals surface area contributed by atoms with Gasteiger partial charge in [-0.2, -0.15) is 9.97 Å². The molecule has 0 saturated heterocycles. The zero-order valence-electron chi connectivity index (χ0n) is 10.1. The van der Waals surface area contributed by atoms with Crippen molar-refractivity contribution in [3.8, 4) is 17.5 Å². The van der Waals surface area contributed by atoms with Crippen LogP contribution in [0.2, 0.25) is 10.0 Å². The lowest BCUT2D eigenvalue weighted by Gasteiger charge is -2.11. The molecule has 0 aliphatic heterocycles. The smallest absolute Gasteiger partial charge is 0.249 e. The van der Waals surface area contributed by atoms with Crippen molar-refractivity contribution < 1.29 is 9.47 Å². The number of halogens is 2. The molecule has 1 heterocycles. The Morgan fingerprint density at radius 1 is 1.21 bits per heavy atom. The van der Waals surface area contributed by atoms with Gasteiger partial charge in [-0.3, -0.25) is 0 Å². The van der Waals surface area contributed by atoms with Crippen LogP contribution in [0.25, 0.3) is 0 Å². The van der Waals surface area contributed by atoms with Gasteiger partial charge in [0.2, 0.25) is 11.8 Å². The number of ether oxygens (including phenoxy) is 2. The van der Waals surface area contributed by atoms with Crippen LogP contribution < -0.4 is 15.2 Å². The summed E-state index contributed by atoms with van der Waals surface area (Å²) in [4.78, 5) is 7.86. The van der Waals surface area contributed by atoms with E-state index in [1.54, 1.807) is 18.2 Å². The first kappa shape index (κ1) is 13.7. The van der Waals surface area contributed by atoms with Crippen molar-refractivity contribution in [3.63, 3.8) is 0 Å². The second-order valence-electron chi connectivity index (χ2n) is 3.48. The minimum absolute atomic E-state index is 0.169. The van der Waals surface area contributed by atoms with Gasteiger partial charge in [0.15, 0.2) is 5.69 Å². The van der Waals surface area contributed by atoms with E-state index in [0.717, 1.165) is 0 Å². The fraction of sp³-hybridized carbons (Fsp3) is 0.167. The Hall–Kier alpha value is -1.72. The van der Waals surface area contributed by atoms with Crippen molar-refractivity contribution in [1.29, 1.82) is 0 Å². The van der Waals surface area contributed by atoms with Crippen molar-refractivity contribution in [2.75, 3.05) is 12.3 Å². The van der Waals surface area contributed by atoms with E-state index >= 15 is 0 Å². The molecule has 0 amide bonds. The first-order valence-electron chi connectivity index (χ1n) is 5.48. The summed E-state index contributed by atoms with van der Waals surface area (Å²) in [6.07, 6.45) is 1.30. The fourth-order valence-corrected chi connectivity index (χ4v) is 1.69. The highest BCUT2D eigenvalue weighted by Gasteiger charge is 2.13. The lowest BCUT2D eigenvalue weighted by atomic mass is 10.3. The minimum atomic E-state index is 0.169. The van der Waals surface area contributed by atoms with Gasteiger partial charge in [0.05, 0.1) is 11.6 Å². The van der Waals surface area contributed by atoms with Crippen molar-refractivity contribution in [2.24, 2.45) is 0 Å². The molecular weight excluding hydrogens is 289 g/mol. The Balaban J connectivity index is 2.33. The number of anilines is 1. The monoisotopic (exact) mass is 299 g/mol. The molecule has 1 aromatic carbocycles. The molecule has 7 heteroatoms. The van der Waals surface area contributed by atoms with Gasteiger partial charge in [-0.25, -0.2) is 0 Å². The lowest BCUT2D eigenvalue weighted by Crippen LogP contribution is -2.03. The van der Waals surface area contributed by atoms with E-state index in [1.165, 1.54) is 6.33 Å². The standard InChI is InChI=1S/C12H11Cl2N3O2/c1-2-18-11-10(15)12(17-6-16-11)19-8-5-3-4-7(13)9(8)14/h3-6H,2,15H2,1H3. The van der Waals surface area contributed by atoms with Crippen LogP contribution in [0.15, 0.2) is 24.5 Å². The molecule has 0 atom stereocenters. The second-order valence-corrected chi connectivity index (χ2v) is 4.27. The number of rotatable bonds is 4. The number of hydrogen-bond donors (Lipinski definition) is 1. The summed E-state index contributed by atoms with van der Waals surface area (Å²) in [7, 11) is 0. The predicted molar refractivity (Wildman–Crippen MR) is 74.1 cm³/mol. The predicted octanol–water partition coefficient (Wildman–Crippen LogP) is 3.56. The van der Waals surface area contributed by atoms with E-state index in [1.807, 2.05) is 6.92 Å². The van der Waals surface area contributed by atoms with Crippen LogP contribution in [-0.4, -0.2) is 16.6 Å². The summed E-state index contributed by atoms with van der Waals surface area (Å²) < 4.78 is 10.8. The summed E-state index contributed by atoms with van der Waals surface area (Å²) >= 11 is 11.9. The number of nitrogens with two attached hydrogens (primary N) is 1. The first-order chi connectivity index (χ1) is 9.13. The molecule has 2 aromatic rings. The third-order valence-corrected chi connectivity index (χ3v) is 3.02. The molecule has 0 aliphatic carbocycles. The largest absolute Gasteiger partial charge is 0.476 e. The first-order valence-corrected chi connectivity index (χ1v) is 6.24. The Kier molecular flexibility index (Phi) is 4.29. The molecule has 0 fully saturated rings. The maximum atomic E-state index is 6.02. The number of benzene rings is 1. The average molecular weight is 300 g/mol. The quantitative estimate of drug-likeness (QED) is 0.935. The average Bonchev–Trinajstić information content (AvgIpc) is 2.40. The fourth-order valence-electron chi connectivity index (χ4n) is 1.36. The zero-order valence-corrected chi connectivity index (χ0v) is 11.6. The second kappa shape index (κ2) is 5.95. The van der Waals surface area contributed by atoms with E-state index in [4.69, 9.17) is 38.4 Å². The van der Waals surface area contributed by atoms with Gasteiger partial charge < -0.3 is 15.2 Å². The normalized spacial score (nSPS) is 10.3. The molecule has 1 aromatic heterocycles. The van der Waals surface area contributed by atoms with E-state index in [0.29, 0.717) is 22.4 Å². The van der Waals surface area contributed by atoms with Crippen LogP contribution in [0.3, 0.4) is 0 Å². The highest BCUT2D eigenvalue weighted by atomic mass is 35.5. The van der Waals surface area contributed by atoms with Gasteiger partial charge in [-0.05, 0) is 19.1 Å².